The van der Waals surface area contributed by atoms with Gasteiger partial charge >= 0.3 is 0 Å². The number of carbonyl (C=O) groups excluding carboxylic acids is 1. The van der Waals surface area contributed by atoms with E-state index in [2.05, 4.69) is 10.3 Å². The Labute approximate surface area is 205 Å². The zero-order valence-corrected chi connectivity index (χ0v) is 21.1. The minimum Gasteiger partial charge on any atom is -0.394 e. The number of sulfonamides is 1. The minimum atomic E-state index is -3.84. The van der Waals surface area contributed by atoms with Crippen molar-refractivity contribution in [1.82, 2.24) is 24.2 Å². The van der Waals surface area contributed by atoms with E-state index in [0.717, 1.165) is 0 Å². The van der Waals surface area contributed by atoms with Gasteiger partial charge in [-0.3, -0.25) is 9.48 Å². The number of hydrogen-bond donors (Lipinski definition) is 1. The van der Waals surface area contributed by atoms with Crippen molar-refractivity contribution in [3.63, 3.8) is 0 Å². The molecule has 0 fully saturated rings. The molecule has 11 nitrogen and oxygen atoms in total. The summed E-state index contributed by atoms with van der Waals surface area (Å²) in [4.78, 5) is 14.7. The summed E-state index contributed by atoms with van der Waals surface area (Å²) in [5.74, 6) is -0.336. The number of rotatable bonds is 6. The zero-order chi connectivity index (χ0) is 25.6. The van der Waals surface area contributed by atoms with Crippen molar-refractivity contribution >= 4 is 15.9 Å². The molecule has 0 radical (unpaired) electrons. The smallest absolute Gasteiger partial charge is 0.242 e. The molecule has 2 heterocycles. The number of amides is 1. The molecule has 3 rings (SSSR count). The van der Waals surface area contributed by atoms with Crippen LogP contribution in [0.5, 0.6) is 0 Å². The molecule has 0 saturated carbocycles. The van der Waals surface area contributed by atoms with Gasteiger partial charge in [0.25, 0.3) is 0 Å². The lowest BCUT2D eigenvalue weighted by Gasteiger charge is -2.35. The summed E-state index contributed by atoms with van der Waals surface area (Å²) in [6, 6.07) is 7.32. The highest BCUT2D eigenvalue weighted by molar-refractivity contribution is 7.89. The highest BCUT2D eigenvalue weighted by Crippen LogP contribution is 2.21. The summed E-state index contributed by atoms with van der Waals surface area (Å²) in [6.07, 6.45) is 2.07. The van der Waals surface area contributed by atoms with Crippen molar-refractivity contribution in [3.8, 4) is 6.07 Å². The van der Waals surface area contributed by atoms with E-state index in [-0.39, 0.29) is 42.5 Å². The van der Waals surface area contributed by atoms with Gasteiger partial charge in [0.1, 0.15) is 5.69 Å². The van der Waals surface area contributed by atoms with E-state index < -0.39 is 16.1 Å². The van der Waals surface area contributed by atoms with Crippen molar-refractivity contribution < 1.29 is 23.1 Å². The van der Waals surface area contributed by atoms with Gasteiger partial charge in [-0.1, -0.05) is 12.1 Å². The van der Waals surface area contributed by atoms with Gasteiger partial charge in [-0.25, -0.2) is 8.42 Å². The van der Waals surface area contributed by atoms with Crippen LogP contribution in [0.4, 0.5) is 0 Å². The Kier molecular flexibility index (Phi) is 8.96. The van der Waals surface area contributed by atoms with Crippen LogP contribution in [0.1, 0.15) is 37.9 Å². The van der Waals surface area contributed by atoms with E-state index in [1.807, 2.05) is 13.0 Å². The quantitative estimate of drug-likeness (QED) is 0.614. The summed E-state index contributed by atoms with van der Waals surface area (Å²) < 4.78 is 35.3. The fourth-order valence-corrected chi connectivity index (χ4v) is 5.11. The third kappa shape index (κ3) is 6.64. The number of aliphatic hydroxyl groups excluding tert-OH is 1. The van der Waals surface area contributed by atoms with Crippen LogP contribution >= 0.6 is 0 Å². The van der Waals surface area contributed by atoms with Crippen molar-refractivity contribution in [2.24, 2.45) is 5.92 Å². The first-order valence-corrected chi connectivity index (χ1v) is 13.0. The van der Waals surface area contributed by atoms with E-state index in [1.165, 1.54) is 35.6 Å². The number of fused-ring (bicyclic) bond motifs is 2. The lowest BCUT2D eigenvalue weighted by Crippen LogP contribution is -2.47. The van der Waals surface area contributed by atoms with Crippen LogP contribution in [0.25, 0.3) is 0 Å². The Bertz CT molecular complexity index is 1140. The van der Waals surface area contributed by atoms with Gasteiger partial charge in [-0.05, 0) is 37.6 Å². The van der Waals surface area contributed by atoms with Crippen LogP contribution < -0.4 is 0 Å². The van der Waals surface area contributed by atoms with E-state index in [4.69, 9.17) is 10.00 Å². The molecule has 1 aromatic heterocycles. The number of hydrogen-bond acceptors (Lipinski definition) is 8. The highest BCUT2D eigenvalue weighted by atomic mass is 32.2. The second-order valence-corrected chi connectivity index (χ2v) is 10.9. The van der Waals surface area contributed by atoms with Crippen molar-refractivity contribution in [1.29, 1.82) is 5.26 Å². The Morgan fingerprint density at radius 1 is 1.34 bits per heavy atom. The predicted octanol–water partition coefficient (Wildman–Crippen LogP) is 0.995. The Morgan fingerprint density at radius 3 is 2.71 bits per heavy atom. The first-order valence-electron chi connectivity index (χ1n) is 11.5. The van der Waals surface area contributed by atoms with E-state index in [9.17, 15) is 18.3 Å². The summed E-state index contributed by atoms with van der Waals surface area (Å²) in [7, 11) is -2.37. The average Bonchev–Trinajstić information content (AvgIpc) is 3.31. The van der Waals surface area contributed by atoms with Gasteiger partial charge < -0.3 is 14.7 Å². The normalized spacial score (nSPS) is 21.0. The molecular formula is C23H32N6O5S. The average molecular weight is 505 g/mol. The Balaban J connectivity index is 1.85. The minimum absolute atomic E-state index is 0.0349. The van der Waals surface area contributed by atoms with Crippen LogP contribution in [-0.2, 0) is 32.7 Å². The van der Waals surface area contributed by atoms with Crippen LogP contribution in [0, 0.1) is 17.2 Å². The lowest BCUT2D eigenvalue weighted by molar-refractivity contribution is -0.136. The van der Waals surface area contributed by atoms with Crippen LogP contribution in [0.3, 0.4) is 0 Å². The van der Waals surface area contributed by atoms with Gasteiger partial charge in [0, 0.05) is 39.0 Å². The molecule has 0 saturated heterocycles. The Morgan fingerprint density at radius 2 is 2.06 bits per heavy atom. The number of nitriles is 1. The largest absolute Gasteiger partial charge is 0.394 e. The molecular weight excluding hydrogens is 472 g/mol. The third-order valence-corrected chi connectivity index (χ3v) is 8.01. The standard InChI is InChI=1S/C23H32N6O5S/c1-17-12-29(18(2)15-30)23(31)5-4-10-28-13-20(25-26-28)16-34-22(17)14-27(3)35(32,33)21-8-6-19(11-24)7-9-21/h6-9,13,17-18,22,30H,4-5,10,12,14-16H2,1-3H3/t17-,18+,22+/m0/s1. The number of likely N-dealkylation sites (N-methyl/N-ethyl adjacent to an activating group) is 1. The number of aryl methyl sites for hydroxylation is 1. The number of aromatic nitrogens is 3. The van der Waals surface area contributed by atoms with Crippen molar-refractivity contribution in [3.05, 3.63) is 41.7 Å². The molecule has 3 atom stereocenters. The number of benzene rings is 1. The molecule has 2 bridgehead atoms. The molecule has 1 aliphatic rings. The van der Waals surface area contributed by atoms with Crippen LogP contribution in [0.2, 0.25) is 0 Å². The maximum Gasteiger partial charge on any atom is 0.242 e. The maximum absolute atomic E-state index is 13.2. The molecule has 0 unspecified atom stereocenters. The summed E-state index contributed by atoms with van der Waals surface area (Å²) in [6.45, 7) is 4.52. The molecule has 0 aliphatic carbocycles. The topological polar surface area (TPSA) is 142 Å². The lowest BCUT2D eigenvalue weighted by atomic mass is 10.0. The molecule has 35 heavy (non-hydrogen) atoms. The highest BCUT2D eigenvalue weighted by Gasteiger charge is 2.31. The first-order chi connectivity index (χ1) is 16.6. The second kappa shape index (κ2) is 11.7. The molecule has 1 aliphatic heterocycles. The van der Waals surface area contributed by atoms with Gasteiger partial charge in [-0.15, -0.1) is 5.10 Å². The third-order valence-electron chi connectivity index (χ3n) is 6.17. The van der Waals surface area contributed by atoms with Gasteiger partial charge in [0.2, 0.25) is 15.9 Å². The fraction of sp³-hybridized carbons (Fsp3) is 0.565. The summed E-state index contributed by atoms with van der Waals surface area (Å²) >= 11 is 0. The van der Waals surface area contributed by atoms with Crippen LogP contribution in [-0.4, -0.2) is 82.5 Å². The fourth-order valence-electron chi connectivity index (χ4n) is 3.93. The predicted molar refractivity (Wildman–Crippen MR) is 126 cm³/mol. The van der Waals surface area contributed by atoms with E-state index >= 15 is 0 Å². The molecule has 1 amide bonds. The first kappa shape index (κ1) is 26.7. The number of carbonyl (C=O) groups is 1. The Hall–Kier alpha value is -2.85. The number of ether oxygens (including phenoxy) is 1. The molecule has 1 aromatic carbocycles. The molecule has 1 N–H and O–H groups in total. The molecule has 12 heteroatoms. The van der Waals surface area contributed by atoms with E-state index in [0.29, 0.717) is 37.2 Å². The van der Waals surface area contributed by atoms with E-state index in [1.54, 1.807) is 22.7 Å². The molecule has 190 valence electrons. The van der Waals surface area contributed by atoms with Gasteiger partial charge in [0.15, 0.2) is 0 Å². The monoisotopic (exact) mass is 504 g/mol. The van der Waals surface area contributed by atoms with Crippen LogP contribution in [0.15, 0.2) is 35.4 Å². The summed E-state index contributed by atoms with van der Waals surface area (Å²) in [5.41, 5.74) is 0.987. The van der Waals surface area contributed by atoms with Crippen molar-refractivity contribution in [2.75, 3.05) is 26.7 Å². The number of aliphatic hydroxyl groups is 1. The van der Waals surface area contributed by atoms with Gasteiger partial charge in [-0.2, -0.15) is 9.57 Å². The SMILES string of the molecule is C[C@H](CO)N1C[C@H](C)[C@@H](CN(C)S(=O)(=O)c2ccc(C#N)cc2)OCc2cn(nn2)CCCC1=O. The second-order valence-electron chi connectivity index (χ2n) is 8.90. The molecule has 0 spiro atoms. The number of nitrogens with zero attached hydrogens (tertiary/aromatic N) is 6. The molecule has 2 aromatic rings. The van der Waals surface area contributed by atoms with Crippen molar-refractivity contribution in [2.45, 2.75) is 56.9 Å². The summed E-state index contributed by atoms with van der Waals surface area (Å²) in [5, 5.41) is 26.9. The maximum atomic E-state index is 13.2. The zero-order valence-electron chi connectivity index (χ0n) is 20.2. The van der Waals surface area contributed by atoms with Gasteiger partial charge in [0.05, 0.1) is 48.1 Å².